The van der Waals surface area contributed by atoms with Gasteiger partial charge in [0.25, 0.3) is 0 Å². The Morgan fingerprint density at radius 2 is 2.20 bits per heavy atom. The monoisotopic (exact) mass is 224 g/mol. The molecule has 1 N–H and O–H groups in total. The van der Waals surface area contributed by atoms with E-state index in [2.05, 4.69) is 20.4 Å². The highest BCUT2D eigenvalue weighted by atomic mass is 32.1. The summed E-state index contributed by atoms with van der Waals surface area (Å²) < 4.78 is 0. The molecule has 4 nitrogen and oxygen atoms in total. The summed E-state index contributed by atoms with van der Waals surface area (Å²) in [4.78, 5) is 2.60. The van der Waals surface area contributed by atoms with E-state index in [0.29, 0.717) is 6.04 Å². The van der Waals surface area contributed by atoms with Crippen LogP contribution < -0.4 is 5.32 Å². The van der Waals surface area contributed by atoms with Crippen molar-refractivity contribution in [2.24, 2.45) is 0 Å². The molecule has 1 aliphatic heterocycles. The maximum absolute atomic E-state index is 4.10. The fraction of sp³-hybridized carbons (Fsp3) is 0.800. The first-order valence-corrected chi connectivity index (χ1v) is 6.43. The number of aryl methyl sites for hydroxylation is 1. The van der Waals surface area contributed by atoms with Gasteiger partial charge in [-0.15, -0.1) is 10.2 Å². The number of hydrogen-bond donors (Lipinski definition) is 1. The third kappa shape index (κ3) is 2.13. The normalized spacial score (nSPS) is 27.1. The Kier molecular flexibility index (Phi) is 2.36. The van der Waals surface area contributed by atoms with Crippen molar-refractivity contribution in [2.45, 2.75) is 38.3 Å². The van der Waals surface area contributed by atoms with E-state index in [4.69, 9.17) is 0 Å². The van der Waals surface area contributed by atoms with Gasteiger partial charge in [-0.1, -0.05) is 11.3 Å². The minimum Gasteiger partial charge on any atom is -0.356 e. The van der Waals surface area contributed by atoms with Crippen LogP contribution in [0.4, 0.5) is 5.13 Å². The number of hydrogen-bond acceptors (Lipinski definition) is 5. The largest absolute Gasteiger partial charge is 0.356 e. The second-order valence-electron chi connectivity index (χ2n) is 4.48. The van der Waals surface area contributed by atoms with E-state index >= 15 is 0 Å². The van der Waals surface area contributed by atoms with Gasteiger partial charge in [0.2, 0.25) is 5.13 Å². The molecule has 5 heteroatoms. The fourth-order valence-corrected chi connectivity index (χ4v) is 2.87. The van der Waals surface area contributed by atoms with Crippen LogP contribution in [0, 0.1) is 6.92 Å². The Morgan fingerprint density at radius 1 is 1.33 bits per heavy atom. The molecule has 1 saturated heterocycles. The summed E-state index contributed by atoms with van der Waals surface area (Å²) in [6.07, 6.45) is 4.06. The summed E-state index contributed by atoms with van der Waals surface area (Å²) in [6.45, 7) is 4.43. The van der Waals surface area contributed by atoms with Gasteiger partial charge in [0.05, 0.1) is 0 Å². The minimum absolute atomic E-state index is 0.581. The molecule has 0 radical (unpaired) electrons. The summed E-state index contributed by atoms with van der Waals surface area (Å²) >= 11 is 1.65. The minimum atomic E-state index is 0.581. The molecule has 1 aromatic rings. The Labute approximate surface area is 93.7 Å². The van der Waals surface area contributed by atoms with Crippen LogP contribution in [0.5, 0.6) is 0 Å². The lowest BCUT2D eigenvalue weighted by Crippen LogP contribution is -2.27. The fourth-order valence-electron chi connectivity index (χ4n) is 2.21. The molecule has 1 saturated carbocycles. The molecule has 0 amide bonds. The Bertz CT molecular complexity index is 347. The molecule has 1 aliphatic carbocycles. The topological polar surface area (TPSA) is 41.1 Å². The lowest BCUT2D eigenvalue weighted by molar-refractivity contribution is 0.326. The smallest absolute Gasteiger partial charge is 0.205 e. The van der Waals surface area contributed by atoms with E-state index in [1.165, 1.54) is 32.4 Å². The van der Waals surface area contributed by atoms with Crippen molar-refractivity contribution >= 4 is 16.5 Å². The van der Waals surface area contributed by atoms with Crippen LogP contribution in [0.2, 0.25) is 0 Å². The van der Waals surface area contributed by atoms with Crippen LogP contribution in [0.3, 0.4) is 0 Å². The van der Waals surface area contributed by atoms with Crippen molar-refractivity contribution in [1.29, 1.82) is 0 Å². The van der Waals surface area contributed by atoms with Crippen molar-refractivity contribution in [3.05, 3.63) is 5.01 Å². The maximum atomic E-state index is 4.10. The molecular weight excluding hydrogens is 208 g/mol. The Hall–Kier alpha value is -0.680. The highest BCUT2D eigenvalue weighted by Gasteiger charge is 2.34. The first-order chi connectivity index (χ1) is 7.31. The highest BCUT2D eigenvalue weighted by Crippen LogP contribution is 2.30. The van der Waals surface area contributed by atoms with Crippen LogP contribution >= 0.6 is 11.3 Å². The average molecular weight is 224 g/mol. The number of likely N-dealkylation sites (tertiary alicyclic amines) is 1. The van der Waals surface area contributed by atoms with Crippen LogP contribution in [0.1, 0.15) is 24.3 Å². The van der Waals surface area contributed by atoms with Crippen molar-refractivity contribution in [2.75, 3.05) is 18.4 Å². The lowest BCUT2D eigenvalue weighted by Gasteiger charge is -2.14. The quantitative estimate of drug-likeness (QED) is 0.844. The molecule has 1 atom stereocenters. The van der Waals surface area contributed by atoms with Gasteiger partial charge in [-0.2, -0.15) is 0 Å². The van der Waals surface area contributed by atoms with Gasteiger partial charge in [0.15, 0.2) is 0 Å². The third-order valence-corrected chi connectivity index (χ3v) is 3.91. The summed E-state index contributed by atoms with van der Waals surface area (Å²) in [7, 11) is 0. The number of nitrogens with zero attached hydrogens (tertiary/aromatic N) is 3. The Morgan fingerprint density at radius 3 is 2.87 bits per heavy atom. The second-order valence-corrected chi connectivity index (χ2v) is 5.66. The summed E-state index contributed by atoms with van der Waals surface area (Å²) in [5.74, 6) is 0. The molecule has 82 valence electrons. The first-order valence-electron chi connectivity index (χ1n) is 5.62. The molecule has 1 unspecified atom stereocenters. The molecule has 3 rings (SSSR count). The standard InChI is InChI=1S/C10H16N4S/c1-7-12-13-10(15-7)11-8-4-5-14(6-8)9-2-3-9/h8-9H,2-6H2,1H3,(H,11,13). The van der Waals surface area contributed by atoms with Crippen LogP contribution in [-0.4, -0.2) is 40.3 Å². The molecule has 0 spiro atoms. The first kappa shape index (κ1) is 9.54. The zero-order chi connectivity index (χ0) is 10.3. The number of aromatic nitrogens is 2. The van der Waals surface area contributed by atoms with Crippen LogP contribution in [-0.2, 0) is 0 Å². The summed E-state index contributed by atoms with van der Waals surface area (Å²) in [5.41, 5.74) is 0. The molecule has 2 heterocycles. The second kappa shape index (κ2) is 3.72. The zero-order valence-corrected chi connectivity index (χ0v) is 9.76. The third-order valence-electron chi connectivity index (χ3n) is 3.14. The summed E-state index contributed by atoms with van der Waals surface area (Å²) in [6, 6.07) is 1.48. The van der Waals surface area contributed by atoms with Gasteiger partial charge >= 0.3 is 0 Å². The lowest BCUT2D eigenvalue weighted by atomic mass is 10.3. The zero-order valence-electron chi connectivity index (χ0n) is 8.94. The van der Waals surface area contributed by atoms with Crippen molar-refractivity contribution in [3.63, 3.8) is 0 Å². The van der Waals surface area contributed by atoms with Crippen molar-refractivity contribution in [1.82, 2.24) is 15.1 Å². The number of rotatable bonds is 3. The van der Waals surface area contributed by atoms with E-state index in [1.807, 2.05) is 6.92 Å². The van der Waals surface area contributed by atoms with Crippen molar-refractivity contribution in [3.8, 4) is 0 Å². The van der Waals surface area contributed by atoms with Gasteiger partial charge in [0, 0.05) is 25.2 Å². The number of nitrogens with one attached hydrogen (secondary N) is 1. The molecule has 1 aromatic heterocycles. The maximum Gasteiger partial charge on any atom is 0.205 e. The van der Waals surface area contributed by atoms with Gasteiger partial charge in [-0.25, -0.2) is 0 Å². The molecule has 0 aromatic carbocycles. The average Bonchev–Trinajstić information content (AvgIpc) is 2.84. The molecule has 15 heavy (non-hydrogen) atoms. The predicted octanol–water partition coefficient (Wildman–Crippen LogP) is 1.50. The molecule has 2 aliphatic rings. The van der Waals surface area contributed by atoms with Gasteiger partial charge in [0.1, 0.15) is 5.01 Å². The molecule has 2 fully saturated rings. The van der Waals surface area contributed by atoms with Crippen LogP contribution in [0.25, 0.3) is 0 Å². The van der Waals surface area contributed by atoms with E-state index in [1.54, 1.807) is 11.3 Å². The van der Waals surface area contributed by atoms with Gasteiger partial charge in [-0.05, 0) is 26.2 Å². The predicted molar refractivity (Wildman–Crippen MR) is 61.3 cm³/mol. The van der Waals surface area contributed by atoms with Crippen LogP contribution in [0.15, 0.2) is 0 Å². The van der Waals surface area contributed by atoms with Gasteiger partial charge < -0.3 is 5.32 Å². The number of anilines is 1. The van der Waals surface area contributed by atoms with E-state index in [9.17, 15) is 0 Å². The SMILES string of the molecule is Cc1nnc(NC2CCN(C3CC3)C2)s1. The van der Waals surface area contributed by atoms with Gasteiger partial charge in [-0.3, -0.25) is 4.90 Å². The van der Waals surface area contributed by atoms with E-state index < -0.39 is 0 Å². The molecule has 0 bridgehead atoms. The molecular formula is C10H16N4S. The van der Waals surface area contributed by atoms with Crippen molar-refractivity contribution < 1.29 is 0 Å². The van der Waals surface area contributed by atoms with E-state index in [-0.39, 0.29) is 0 Å². The highest BCUT2D eigenvalue weighted by molar-refractivity contribution is 7.15. The van der Waals surface area contributed by atoms with E-state index in [0.717, 1.165) is 16.2 Å². The Balaban J connectivity index is 1.56. The summed E-state index contributed by atoms with van der Waals surface area (Å²) in [5, 5.41) is 13.6.